The molecule has 2 aromatic carbocycles. The highest BCUT2D eigenvalue weighted by Crippen LogP contribution is 2.23. The first-order chi connectivity index (χ1) is 10.4. The summed E-state index contributed by atoms with van der Waals surface area (Å²) in [5.74, 6) is 0.418. The summed E-state index contributed by atoms with van der Waals surface area (Å²) in [7, 11) is -2.53. The molecule has 0 fully saturated rings. The van der Waals surface area contributed by atoms with Crippen LogP contribution in [0.3, 0.4) is 0 Å². The second kappa shape index (κ2) is 6.67. The van der Waals surface area contributed by atoms with E-state index in [-0.39, 0.29) is 4.90 Å². The molecule has 0 saturated heterocycles. The Bertz CT molecular complexity index is 776. The Morgan fingerprint density at radius 2 is 1.73 bits per heavy atom. The van der Waals surface area contributed by atoms with Crippen molar-refractivity contribution in [2.45, 2.75) is 4.90 Å². The van der Waals surface area contributed by atoms with Gasteiger partial charge in [-0.05, 0) is 36.4 Å². The first kappa shape index (κ1) is 16.1. The Labute approximate surface area is 133 Å². The highest BCUT2D eigenvalue weighted by molar-refractivity contribution is 7.90. The van der Waals surface area contributed by atoms with E-state index >= 15 is 0 Å². The van der Waals surface area contributed by atoms with E-state index in [1.54, 1.807) is 24.3 Å². The van der Waals surface area contributed by atoms with Gasteiger partial charge in [-0.3, -0.25) is 0 Å². The van der Waals surface area contributed by atoms with E-state index in [0.29, 0.717) is 16.5 Å². The number of rotatable bonds is 4. The summed E-state index contributed by atoms with van der Waals surface area (Å²) >= 11 is 5.70. The number of carbonyl (C=O) groups is 1. The standard InChI is InChI=1S/C14H13ClN2O4S/c1-21-13-5-3-2-4-12(13)16-14(18)17-22(19,20)11-8-6-10(15)7-9-11/h2-9H,1H3,(H2,16,17,18). The van der Waals surface area contributed by atoms with Crippen LogP contribution in [-0.2, 0) is 10.0 Å². The average Bonchev–Trinajstić information content (AvgIpc) is 2.47. The van der Waals surface area contributed by atoms with Gasteiger partial charge in [0.15, 0.2) is 0 Å². The van der Waals surface area contributed by atoms with Crippen molar-refractivity contribution in [2.75, 3.05) is 12.4 Å². The Morgan fingerprint density at radius 1 is 1.09 bits per heavy atom. The van der Waals surface area contributed by atoms with Gasteiger partial charge in [0.05, 0.1) is 17.7 Å². The third-order valence-corrected chi connectivity index (χ3v) is 4.31. The summed E-state index contributed by atoms with van der Waals surface area (Å²) in [6, 6.07) is 11.2. The zero-order valence-corrected chi connectivity index (χ0v) is 13.1. The van der Waals surface area contributed by atoms with Gasteiger partial charge in [-0.2, -0.15) is 0 Å². The number of anilines is 1. The van der Waals surface area contributed by atoms with Crippen LogP contribution in [-0.4, -0.2) is 21.6 Å². The van der Waals surface area contributed by atoms with Crippen LogP contribution in [0, 0.1) is 0 Å². The van der Waals surface area contributed by atoms with Gasteiger partial charge in [0, 0.05) is 5.02 Å². The summed E-state index contributed by atoms with van der Waals surface area (Å²) < 4.78 is 31.1. The molecule has 116 valence electrons. The second-order valence-electron chi connectivity index (χ2n) is 4.21. The van der Waals surface area contributed by atoms with Gasteiger partial charge < -0.3 is 10.1 Å². The monoisotopic (exact) mass is 340 g/mol. The van der Waals surface area contributed by atoms with Gasteiger partial charge in [0.2, 0.25) is 0 Å². The number of amides is 2. The number of halogens is 1. The van der Waals surface area contributed by atoms with Crippen molar-refractivity contribution in [3.63, 3.8) is 0 Å². The molecule has 0 aromatic heterocycles. The predicted molar refractivity (Wildman–Crippen MR) is 83.8 cm³/mol. The van der Waals surface area contributed by atoms with Crippen molar-refractivity contribution in [2.24, 2.45) is 0 Å². The number of methoxy groups -OCH3 is 1. The van der Waals surface area contributed by atoms with Crippen molar-refractivity contribution in [3.05, 3.63) is 53.6 Å². The van der Waals surface area contributed by atoms with Gasteiger partial charge in [-0.25, -0.2) is 17.9 Å². The molecule has 0 atom stereocenters. The number of benzene rings is 2. The van der Waals surface area contributed by atoms with Crippen LogP contribution in [0.15, 0.2) is 53.4 Å². The minimum Gasteiger partial charge on any atom is -0.495 e. The number of sulfonamides is 1. The number of urea groups is 1. The highest BCUT2D eigenvalue weighted by atomic mass is 35.5. The Morgan fingerprint density at radius 3 is 2.36 bits per heavy atom. The van der Waals surface area contributed by atoms with Crippen LogP contribution in [0.25, 0.3) is 0 Å². The van der Waals surface area contributed by atoms with Gasteiger partial charge in [-0.15, -0.1) is 0 Å². The SMILES string of the molecule is COc1ccccc1NC(=O)NS(=O)(=O)c1ccc(Cl)cc1. The van der Waals surface area contributed by atoms with Crippen LogP contribution in [0.2, 0.25) is 5.02 Å². The van der Waals surface area contributed by atoms with Crippen LogP contribution in [0.5, 0.6) is 5.75 Å². The molecule has 0 heterocycles. The average molecular weight is 341 g/mol. The lowest BCUT2D eigenvalue weighted by Crippen LogP contribution is -2.34. The number of carbonyl (C=O) groups excluding carboxylic acids is 1. The molecule has 0 bridgehead atoms. The van der Waals surface area contributed by atoms with Crippen molar-refractivity contribution in [1.82, 2.24) is 4.72 Å². The zero-order valence-electron chi connectivity index (χ0n) is 11.5. The summed E-state index contributed by atoms with van der Waals surface area (Å²) in [6.45, 7) is 0. The smallest absolute Gasteiger partial charge is 0.333 e. The van der Waals surface area contributed by atoms with Crippen molar-refractivity contribution in [3.8, 4) is 5.75 Å². The Kier molecular flexibility index (Phi) is 4.89. The van der Waals surface area contributed by atoms with Gasteiger partial charge >= 0.3 is 6.03 Å². The molecular weight excluding hydrogens is 328 g/mol. The minimum absolute atomic E-state index is 0.0629. The number of ether oxygens (including phenoxy) is 1. The molecule has 0 aliphatic rings. The van der Waals surface area contributed by atoms with E-state index in [9.17, 15) is 13.2 Å². The quantitative estimate of drug-likeness (QED) is 0.896. The molecule has 2 amide bonds. The van der Waals surface area contributed by atoms with E-state index in [4.69, 9.17) is 16.3 Å². The largest absolute Gasteiger partial charge is 0.495 e. The maximum Gasteiger partial charge on any atom is 0.333 e. The van der Waals surface area contributed by atoms with Crippen LogP contribution < -0.4 is 14.8 Å². The number of nitrogens with one attached hydrogen (secondary N) is 2. The maximum atomic E-state index is 12.1. The fraction of sp³-hybridized carbons (Fsp3) is 0.0714. The van der Waals surface area contributed by atoms with Crippen LogP contribution in [0.1, 0.15) is 0 Å². The van der Waals surface area contributed by atoms with Crippen LogP contribution in [0.4, 0.5) is 10.5 Å². The summed E-state index contributed by atoms with van der Waals surface area (Å²) in [4.78, 5) is 11.8. The van der Waals surface area contributed by atoms with E-state index in [0.717, 1.165) is 0 Å². The normalized spacial score (nSPS) is 10.8. The van der Waals surface area contributed by atoms with E-state index in [1.807, 2.05) is 4.72 Å². The maximum absolute atomic E-state index is 12.1. The van der Waals surface area contributed by atoms with E-state index in [2.05, 4.69) is 5.32 Å². The summed E-state index contributed by atoms with van der Waals surface area (Å²) in [5, 5.41) is 2.82. The molecule has 0 unspecified atom stereocenters. The first-order valence-electron chi connectivity index (χ1n) is 6.15. The lowest BCUT2D eigenvalue weighted by Gasteiger charge is -2.11. The molecule has 0 radical (unpaired) electrons. The Hall–Kier alpha value is -2.25. The predicted octanol–water partition coefficient (Wildman–Crippen LogP) is 2.86. The molecule has 0 spiro atoms. The summed E-state index contributed by atoms with van der Waals surface area (Å²) in [5.41, 5.74) is 0.355. The Balaban J connectivity index is 2.13. The molecule has 0 saturated carbocycles. The third kappa shape index (κ3) is 3.90. The molecule has 2 N–H and O–H groups in total. The molecule has 2 aromatic rings. The van der Waals surface area contributed by atoms with E-state index < -0.39 is 16.1 Å². The fourth-order valence-electron chi connectivity index (χ4n) is 1.69. The van der Waals surface area contributed by atoms with E-state index in [1.165, 1.54) is 31.4 Å². The zero-order chi connectivity index (χ0) is 16.2. The third-order valence-electron chi connectivity index (χ3n) is 2.71. The second-order valence-corrected chi connectivity index (χ2v) is 6.33. The molecule has 22 heavy (non-hydrogen) atoms. The van der Waals surface area contributed by atoms with Crippen molar-refractivity contribution < 1.29 is 17.9 Å². The lowest BCUT2D eigenvalue weighted by atomic mass is 10.3. The highest BCUT2D eigenvalue weighted by Gasteiger charge is 2.18. The van der Waals surface area contributed by atoms with Gasteiger partial charge in [0.1, 0.15) is 5.75 Å². The number of hydrogen-bond donors (Lipinski definition) is 2. The molecular formula is C14H13ClN2O4S. The fourth-order valence-corrected chi connectivity index (χ4v) is 2.72. The topological polar surface area (TPSA) is 84.5 Å². The van der Waals surface area contributed by atoms with Crippen molar-refractivity contribution in [1.29, 1.82) is 0 Å². The molecule has 2 rings (SSSR count). The molecule has 0 aliphatic heterocycles. The molecule has 8 heteroatoms. The van der Waals surface area contributed by atoms with Gasteiger partial charge in [-0.1, -0.05) is 23.7 Å². The minimum atomic E-state index is -3.98. The molecule has 6 nitrogen and oxygen atoms in total. The van der Waals surface area contributed by atoms with Crippen LogP contribution >= 0.6 is 11.6 Å². The number of para-hydroxylation sites is 2. The van der Waals surface area contributed by atoms with Crippen molar-refractivity contribution >= 4 is 33.3 Å². The molecule has 0 aliphatic carbocycles. The lowest BCUT2D eigenvalue weighted by molar-refractivity contribution is 0.256. The first-order valence-corrected chi connectivity index (χ1v) is 8.01. The summed E-state index contributed by atoms with van der Waals surface area (Å²) in [6.07, 6.45) is 0. The number of hydrogen-bond acceptors (Lipinski definition) is 4. The van der Waals surface area contributed by atoms with Gasteiger partial charge in [0.25, 0.3) is 10.0 Å².